The van der Waals surface area contributed by atoms with Gasteiger partial charge in [-0.2, -0.15) is 0 Å². The topological polar surface area (TPSA) is 43.4 Å². The molecule has 0 saturated heterocycles. The Bertz CT molecular complexity index is 360. The van der Waals surface area contributed by atoms with Crippen molar-refractivity contribution in [1.82, 2.24) is 0 Å². The van der Waals surface area contributed by atoms with Gasteiger partial charge in [0.2, 0.25) is 0 Å². The quantitative estimate of drug-likeness (QED) is 0.466. The van der Waals surface area contributed by atoms with Crippen LogP contribution >= 0.6 is 11.6 Å². The fourth-order valence-electron chi connectivity index (χ4n) is 0.919. The molecule has 0 atom stereocenters. The summed E-state index contributed by atoms with van der Waals surface area (Å²) in [6.45, 7) is 5.43. The first-order valence-electron chi connectivity index (χ1n) is 5.06. The summed E-state index contributed by atoms with van der Waals surface area (Å²) in [6, 6.07) is 10.3. The molecule has 0 spiro atoms. The molecule has 0 saturated carbocycles. The number of halogens is 1. The monoisotopic (exact) mass is 254 g/mol. The number of carbonyl (C=O) groups excluding carboxylic acids is 2. The van der Waals surface area contributed by atoms with E-state index in [1.165, 1.54) is 5.56 Å². The Balaban J connectivity index is 0.000000318. The number of hydrogen-bond acceptors (Lipinski definition) is 3. The first-order chi connectivity index (χ1) is 8.06. The third kappa shape index (κ3) is 10.7. The average molecular weight is 255 g/mol. The zero-order valence-corrected chi connectivity index (χ0v) is 10.4. The molecule has 1 aromatic rings. The van der Waals surface area contributed by atoms with Gasteiger partial charge in [0.15, 0.2) is 0 Å². The molecule has 0 aliphatic heterocycles. The molecule has 0 unspecified atom stereocenters. The van der Waals surface area contributed by atoms with Gasteiger partial charge in [0, 0.05) is 24.4 Å². The van der Waals surface area contributed by atoms with Crippen LogP contribution in [0.15, 0.2) is 42.7 Å². The van der Waals surface area contributed by atoms with Gasteiger partial charge in [-0.15, -0.1) is 0 Å². The molecule has 17 heavy (non-hydrogen) atoms. The lowest BCUT2D eigenvalue weighted by Gasteiger charge is -1.98. The number of allylic oxidation sites excluding steroid dienone is 1. The Kier molecular flexibility index (Phi) is 8.69. The summed E-state index contributed by atoms with van der Waals surface area (Å²) in [5, 5.41) is 0. The van der Waals surface area contributed by atoms with Crippen LogP contribution in [-0.4, -0.2) is 11.7 Å². The Morgan fingerprint density at radius 1 is 1.41 bits per heavy atom. The molecule has 0 bridgehead atoms. The summed E-state index contributed by atoms with van der Waals surface area (Å²) >= 11 is 4.84. The van der Waals surface area contributed by atoms with E-state index in [4.69, 9.17) is 11.6 Å². The fourth-order valence-corrected chi connectivity index (χ4v) is 1.03. The van der Waals surface area contributed by atoms with E-state index < -0.39 is 5.43 Å². The molecule has 0 amide bonds. The predicted molar refractivity (Wildman–Crippen MR) is 68.0 cm³/mol. The maximum atomic E-state index is 10.0. The number of carbonyl (C=O) groups is 2. The largest absolute Gasteiger partial charge is 0.420 e. The zero-order valence-electron chi connectivity index (χ0n) is 9.69. The SMILES string of the molecule is C=C(CCC=O)OC(=O)Cl.Cc1ccccc1. The highest BCUT2D eigenvalue weighted by molar-refractivity contribution is 6.61. The molecular weight excluding hydrogens is 240 g/mol. The molecule has 3 nitrogen and oxygen atoms in total. The van der Waals surface area contributed by atoms with Crippen LogP contribution in [0, 0.1) is 6.92 Å². The number of benzene rings is 1. The number of ether oxygens (including phenoxy) is 1. The van der Waals surface area contributed by atoms with Crippen molar-refractivity contribution in [3.05, 3.63) is 48.2 Å². The molecule has 0 aliphatic carbocycles. The molecule has 1 rings (SSSR count). The number of hydrogen-bond donors (Lipinski definition) is 0. The fraction of sp³-hybridized carbons (Fsp3) is 0.231. The summed E-state index contributed by atoms with van der Waals surface area (Å²) in [5.74, 6) is 0.215. The lowest BCUT2D eigenvalue weighted by Crippen LogP contribution is -1.93. The van der Waals surface area contributed by atoms with E-state index >= 15 is 0 Å². The van der Waals surface area contributed by atoms with Gasteiger partial charge in [-0.1, -0.05) is 42.5 Å². The van der Waals surface area contributed by atoms with Gasteiger partial charge >= 0.3 is 5.43 Å². The van der Waals surface area contributed by atoms with Gasteiger partial charge in [0.1, 0.15) is 12.0 Å². The second kappa shape index (κ2) is 9.60. The molecule has 0 radical (unpaired) electrons. The minimum atomic E-state index is -0.920. The molecule has 0 fully saturated rings. The summed E-state index contributed by atoms with van der Waals surface area (Å²) in [5.41, 5.74) is 0.401. The molecule has 92 valence electrons. The Labute approximate surface area is 106 Å². The van der Waals surface area contributed by atoms with Crippen LogP contribution in [0.25, 0.3) is 0 Å². The van der Waals surface area contributed by atoms with Crippen molar-refractivity contribution in [3.63, 3.8) is 0 Å². The molecule has 4 heteroatoms. The van der Waals surface area contributed by atoms with Crippen LogP contribution in [-0.2, 0) is 9.53 Å². The first-order valence-corrected chi connectivity index (χ1v) is 5.44. The van der Waals surface area contributed by atoms with Crippen molar-refractivity contribution in [1.29, 1.82) is 0 Å². The van der Waals surface area contributed by atoms with E-state index in [1.807, 2.05) is 18.2 Å². The van der Waals surface area contributed by atoms with Gasteiger partial charge in [-0.25, -0.2) is 4.79 Å². The van der Waals surface area contributed by atoms with Gasteiger partial charge in [-0.3, -0.25) is 0 Å². The van der Waals surface area contributed by atoms with Crippen molar-refractivity contribution >= 4 is 23.3 Å². The molecular formula is C13H15ClO3. The lowest BCUT2D eigenvalue weighted by molar-refractivity contribution is -0.107. The van der Waals surface area contributed by atoms with E-state index in [9.17, 15) is 9.59 Å². The van der Waals surface area contributed by atoms with E-state index in [0.29, 0.717) is 19.1 Å². The maximum absolute atomic E-state index is 10.0. The van der Waals surface area contributed by atoms with Crippen LogP contribution in [0.1, 0.15) is 18.4 Å². The van der Waals surface area contributed by atoms with E-state index in [2.05, 4.69) is 30.4 Å². The summed E-state index contributed by atoms with van der Waals surface area (Å²) in [4.78, 5) is 19.8. The van der Waals surface area contributed by atoms with Crippen molar-refractivity contribution in [2.75, 3.05) is 0 Å². The van der Waals surface area contributed by atoms with Crippen LogP contribution in [0.5, 0.6) is 0 Å². The van der Waals surface area contributed by atoms with Crippen LogP contribution < -0.4 is 0 Å². The third-order valence-electron chi connectivity index (χ3n) is 1.71. The summed E-state index contributed by atoms with van der Waals surface area (Å²) in [6.07, 6.45) is 1.35. The third-order valence-corrected chi connectivity index (χ3v) is 1.78. The molecule has 1 aromatic carbocycles. The molecule has 0 aromatic heterocycles. The second-order valence-corrected chi connectivity index (χ2v) is 3.55. The molecule has 0 N–H and O–H groups in total. The predicted octanol–water partition coefficient (Wildman–Crippen LogP) is 3.85. The highest BCUT2D eigenvalue weighted by atomic mass is 35.5. The van der Waals surface area contributed by atoms with Crippen molar-refractivity contribution in [2.45, 2.75) is 19.8 Å². The molecule has 0 heterocycles. The Hall–Kier alpha value is -1.61. The minimum absolute atomic E-state index is 0.215. The zero-order chi connectivity index (χ0) is 13.1. The van der Waals surface area contributed by atoms with E-state index in [-0.39, 0.29) is 5.76 Å². The van der Waals surface area contributed by atoms with Gasteiger partial charge < -0.3 is 9.53 Å². The average Bonchev–Trinajstić information content (AvgIpc) is 2.27. The van der Waals surface area contributed by atoms with Crippen molar-refractivity contribution < 1.29 is 14.3 Å². The molecule has 0 aliphatic rings. The van der Waals surface area contributed by atoms with Crippen LogP contribution in [0.4, 0.5) is 4.79 Å². The summed E-state index contributed by atoms with van der Waals surface area (Å²) < 4.78 is 4.33. The van der Waals surface area contributed by atoms with E-state index in [0.717, 1.165) is 0 Å². The highest BCUT2D eigenvalue weighted by Gasteiger charge is 1.99. The summed E-state index contributed by atoms with van der Waals surface area (Å²) in [7, 11) is 0. The minimum Gasteiger partial charge on any atom is -0.420 e. The first kappa shape index (κ1) is 15.4. The smallest absolute Gasteiger partial charge is 0.408 e. The lowest BCUT2D eigenvalue weighted by atomic mass is 10.2. The van der Waals surface area contributed by atoms with Gasteiger partial charge in [0.25, 0.3) is 0 Å². The Morgan fingerprint density at radius 2 is 2.00 bits per heavy atom. The highest BCUT2D eigenvalue weighted by Crippen LogP contribution is 2.04. The standard InChI is InChI=1S/C7H8.C6H7ClO3/c1-7-5-3-2-4-6-7;1-5(3-2-4-8)10-6(7)9/h2-6H,1H3;4H,1-3H2. The van der Waals surface area contributed by atoms with Gasteiger partial charge in [-0.05, 0) is 6.92 Å². The number of aldehydes is 1. The van der Waals surface area contributed by atoms with Gasteiger partial charge in [0.05, 0.1) is 0 Å². The van der Waals surface area contributed by atoms with Crippen LogP contribution in [0.3, 0.4) is 0 Å². The van der Waals surface area contributed by atoms with Crippen molar-refractivity contribution in [2.24, 2.45) is 0 Å². The Morgan fingerprint density at radius 3 is 2.35 bits per heavy atom. The normalized spacial score (nSPS) is 8.59. The maximum Gasteiger partial charge on any atom is 0.408 e. The second-order valence-electron chi connectivity index (χ2n) is 3.24. The number of rotatable bonds is 4. The number of aryl methyl sites for hydroxylation is 1. The van der Waals surface area contributed by atoms with Crippen LogP contribution in [0.2, 0.25) is 0 Å². The van der Waals surface area contributed by atoms with Crippen molar-refractivity contribution in [3.8, 4) is 0 Å². The van der Waals surface area contributed by atoms with E-state index in [1.54, 1.807) is 0 Å².